The van der Waals surface area contributed by atoms with Crippen LogP contribution in [0.15, 0.2) is 43.0 Å². The van der Waals surface area contributed by atoms with Crippen molar-refractivity contribution in [3.8, 4) is 11.4 Å². The second-order valence-electron chi connectivity index (χ2n) is 4.79. The number of hydrogen-bond acceptors (Lipinski definition) is 4. The summed E-state index contributed by atoms with van der Waals surface area (Å²) in [6.07, 6.45) is 5.03. The van der Waals surface area contributed by atoms with Crippen LogP contribution >= 0.6 is 0 Å². The molecule has 6 heteroatoms. The van der Waals surface area contributed by atoms with Crippen LogP contribution in [0.1, 0.15) is 0 Å². The maximum atomic E-state index is 13.8. The van der Waals surface area contributed by atoms with E-state index in [1.54, 1.807) is 24.8 Å². The Hall–Kier alpha value is -2.89. The van der Waals surface area contributed by atoms with Crippen molar-refractivity contribution < 1.29 is 4.39 Å². The van der Waals surface area contributed by atoms with Crippen LogP contribution < -0.4 is 0 Å². The van der Waals surface area contributed by atoms with E-state index >= 15 is 0 Å². The van der Waals surface area contributed by atoms with Crippen LogP contribution in [0.3, 0.4) is 0 Å². The first-order valence-electron chi connectivity index (χ1n) is 6.41. The lowest BCUT2D eigenvalue weighted by atomic mass is 10.1. The summed E-state index contributed by atoms with van der Waals surface area (Å²) in [6, 6.07) is 6.44. The second kappa shape index (κ2) is 4.31. The zero-order chi connectivity index (χ0) is 14.4. The molecule has 0 amide bonds. The zero-order valence-corrected chi connectivity index (χ0v) is 11.2. The maximum Gasteiger partial charge on any atom is 0.181 e. The molecule has 3 aromatic heterocycles. The van der Waals surface area contributed by atoms with Crippen molar-refractivity contribution in [1.82, 2.24) is 24.5 Å². The lowest BCUT2D eigenvalue weighted by molar-refractivity contribution is 0.630. The van der Waals surface area contributed by atoms with Crippen LogP contribution in [0.2, 0.25) is 0 Å². The van der Waals surface area contributed by atoms with E-state index in [0.29, 0.717) is 22.6 Å². The molecule has 3 heterocycles. The van der Waals surface area contributed by atoms with E-state index < -0.39 is 0 Å². The van der Waals surface area contributed by atoms with Crippen LogP contribution in [0.25, 0.3) is 33.5 Å². The molecule has 1 aromatic carbocycles. The Morgan fingerprint density at radius 1 is 1.14 bits per heavy atom. The number of fused-ring (bicyclic) bond motifs is 2. The molecule has 0 aliphatic carbocycles. The third-order valence-electron chi connectivity index (χ3n) is 3.39. The summed E-state index contributed by atoms with van der Waals surface area (Å²) in [5.41, 5.74) is 2.65. The number of rotatable bonds is 1. The van der Waals surface area contributed by atoms with Gasteiger partial charge in [0, 0.05) is 24.2 Å². The number of aromatic nitrogens is 5. The van der Waals surface area contributed by atoms with Crippen molar-refractivity contribution >= 4 is 22.1 Å². The Balaban J connectivity index is 2.03. The fraction of sp³-hybridized carbons (Fsp3) is 0.0667. The number of aryl methyl sites for hydroxylation is 1. The van der Waals surface area contributed by atoms with Gasteiger partial charge >= 0.3 is 0 Å². The molecular weight excluding hydrogens is 269 g/mol. The summed E-state index contributed by atoms with van der Waals surface area (Å²) in [4.78, 5) is 17.2. The van der Waals surface area contributed by atoms with Gasteiger partial charge in [-0.2, -0.15) is 0 Å². The molecular formula is C15H10FN5. The molecule has 0 atom stereocenters. The molecule has 0 radical (unpaired) electrons. The molecule has 21 heavy (non-hydrogen) atoms. The Kier molecular flexibility index (Phi) is 2.44. The fourth-order valence-electron chi connectivity index (χ4n) is 2.37. The molecule has 5 nitrogen and oxygen atoms in total. The first kappa shape index (κ1) is 11.9. The fourth-order valence-corrected chi connectivity index (χ4v) is 2.37. The number of halogens is 1. The summed E-state index contributed by atoms with van der Waals surface area (Å²) < 4.78 is 15.6. The van der Waals surface area contributed by atoms with Crippen molar-refractivity contribution in [2.24, 2.45) is 7.05 Å². The first-order chi connectivity index (χ1) is 10.2. The molecule has 0 bridgehead atoms. The van der Waals surface area contributed by atoms with E-state index in [2.05, 4.69) is 19.9 Å². The van der Waals surface area contributed by atoms with E-state index in [4.69, 9.17) is 0 Å². The van der Waals surface area contributed by atoms with Crippen molar-refractivity contribution in [2.45, 2.75) is 0 Å². The highest BCUT2D eigenvalue weighted by Crippen LogP contribution is 2.26. The minimum atomic E-state index is -0.338. The van der Waals surface area contributed by atoms with Gasteiger partial charge in [-0.15, -0.1) is 0 Å². The van der Waals surface area contributed by atoms with Gasteiger partial charge in [0.15, 0.2) is 11.5 Å². The number of pyridine rings is 1. The molecule has 0 saturated heterocycles. The number of hydrogen-bond donors (Lipinski definition) is 0. The quantitative estimate of drug-likeness (QED) is 0.537. The average Bonchev–Trinajstić information content (AvgIpc) is 2.87. The third kappa shape index (κ3) is 1.84. The molecule has 102 valence electrons. The highest BCUT2D eigenvalue weighted by atomic mass is 19.1. The van der Waals surface area contributed by atoms with Gasteiger partial charge in [-0.25, -0.2) is 19.3 Å². The van der Waals surface area contributed by atoms with Crippen molar-refractivity contribution in [1.29, 1.82) is 0 Å². The molecule has 4 rings (SSSR count). The lowest BCUT2D eigenvalue weighted by Crippen LogP contribution is -1.94. The number of imidazole rings is 1. The SMILES string of the molecule is Cn1cnc2nc(-c3cc(F)cc4cccnc34)ncc21. The average molecular weight is 279 g/mol. The van der Waals surface area contributed by atoms with Gasteiger partial charge in [0.1, 0.15) is 11.3 Å². The van der Waals surface area contributed by atoms with Gasteiger partial charge in [-0.3, -0.25) is 4.98 Å². The van der Waals surface area contributed by atoms with Gasteiger partial charge in [-0.1, -0.05) is 6.07 Å². The Morgan fingerprint density at radius 3 is 2.95 bits per heavy atom. The molecule has 0 aliphatic rings. The topological polar surface area (TPSA) is 56.5 Å². The molecule has 4 aromatic rings. The summed E-state index contributed by atoms with van der Waals surface area (Å²) in [5, 5.41) is 0.720. The van der Waals surface area contributed by atoms with E-state index in [1.807, 2.05) is 17.7 Å². The Morgan fingerprint density at radius 2 is 2.05 bits per heavy atom. The monoisotopic (exact) mass is 279 g/mol. The molecule has 0 spiro atoms. The highest BCUT2D eigenvalue weighted by Gasteiger charge is 2.12. The van der Waals surface area contributed by atoms with Gasteiger partial charge in [0.25, 0.3) is 0 Å². The maximum absolute atomic E-state index is 13.8. The highest BCUT2D eigenvalue weighted by molar-refractivity contribution is 5.92. The predicted molar refractivity (Wildman–Crippen MR) is 77.0 cm³/mol. The largest absolute Gasteiger partial charge is 0.331 e. The summed E-state index contributed by atoms with van der Waals surface area (Å²) in [7, 11) is 1.87. The van der Waals surface area contributed by atoms with Crippen LogP contribution in [-0.4, -0.2) is 24.5 Å². The molecule has 0 fully saturated rings. The molecule has 0 N–H and O–H groups in total. The second-order valence-corrected chi connectivity index (χ2v) is 4.79. The van der Waals surface area contributed by atoms with Crippen LogP contribution in [0.4, 0.5) is 4.39 Å². The predicted octanol–water partition coefficient (Wildman–Crippen LogP) is 2.72. The van der Waals surface area contributed by atoms with E-state index in [-0.39, 0.29) is 5.82 Å². The minimum absolute atomic E-state index is 0.338. The van der Waals surface area contributed by atoms with Gasteiger partial charge in [0.05, 0.1) is 18.0 Å². The molecule has 0 aliphatic heterocycles. The Bertz CT molecular complexity index is 976. The molecule has 0 unspecified atom stereocenters. The Labute approximate surface area is 119 Å². The summed E-state index contributed by atoms with van der Waals surface area (Å²) in [6.45, 7) is 0. The summed E-state index contributed by atoms with van der Waals surface area (Å²) >= 11 is 0. The number of nitrogens with zero attached hydrogens (tertiary/aromatic N) is 5. The van der Waals surface area contributed by atoms with Gasteiger partial charge < -0.3 is 4.57 Å². The van der Waals surface area contributed by atoms with Crippen molar-refractivity contribution in [3.05, 3.63) is 48.8 Å². The van der Waals surface area contributed by atoms with Gasteiger partial charge in [0.2, 0.25) is 0 Å². The summed E-state index contributed by atoms with van der Waals surface area (Å²) in [5.74, 6) is 0.0830. The van der Waals surface area contributed by atoms with E-state index in [9.17, 15) is 4.39 Å². The third-order valence-corrected chi connectivity index (χ3v) is 3.39. The van der Waals surface area contributed by atoms with Crippen LogP contribution in [-0.2, 0) is 7.05 Å². The smallest absolute Gasteiger partial charge is 0.181 e. The zero-order valence-electron chi connectivity index (χ0n) is 11.2. The van der Waals surface area contributed by atoms with Gasteiger partial charge in [-0.05, 0) is 18.2 Å². The normalized spacial score (nSPS) is 11.3. The van der Waals surface area contributed by atoms with Crippen molar-refractivity contribution in [3.63, 3.8) is 0 Å². The van der Waals surface area contributed by atoms with Crippen LogP contribution in [0.5, 0.6) is 0 Å². The van der Waals surface area contributed by atoms with E-state index in [0.717, 1.165) is 10.9 Å². The molecule has 0 saturated carbocycles. The lowest BCUT2D eigenvalue weighted by Gasteiger charge is -2.05. The standard InChI is InChI=1S/C15H10FN5/c1-21-8-19-15-12(21)7-18-14(20-15)11-6-10(16)5-9-3-2-4-17-13(9)11/h2-8H,1H3. The first-order valence-corrected chi connectivity index (χ1v) is 6.41. The van der Waals surface area contributed by atoms with Crippen molar-refractivity contribution in [2.75, 3.05) is 0 Å². The number of benzene rings is 1. The minimum Gasteiger partial charge on any atom is -0.331 e. The van der Waals surface area contributed by atoms with Crippen LogP contribution in [0, 0.1) is 5.82 Å². The van der Waals surface area contributed by atoms with E-state index in [1.165, 1.54) is 12.1 Å².